The largest absolute Gasteiger partial charge is 0.337 e. The van der Waals surface area contributed by atoms with Gasteiger partial charge in [-0.1, -0.05) is 28.1 Å². The second-order valence-corrected chi connectivity index (χ2v) is 6.34. The van der Waals surface area contributed by atoms with Crippen LogP contribution in [0.1, 0.15) is 15.9 Å². The predicted octanol–water partition coefficient (Wildman–Crippen LogP) is 4.51. The second kappa shape index (κ2) is 6.84. The third kappa shape index (κ3) is 3.71. The summed E-state index contributed by atoms with van der Waals surface area (Å²) in [5.41, 5.74) is 2.84. The number of rotatable bonds is 4. The molecule has 4 heteroatoms. The minimum absolute atomic E-state index is 0.0203. The molecule has 23 heavy (non-hydrogen) atoms. The summed E-state index contributed by atoms with van der Waals surface area (Å²) in [5.74, 6) is 0.0203. The van der Waals surface area contributed by atoms with Crippen LogP contribution in [0, 0.1) is 0 Å². The highest BCUT2D eigenvalue weighted by atomic mass is 79.9. The van der Waals surface area contributed by atoms with Crippen LogP contribution in [0.4, 0.5) is 0 Å². The lowest BCUT2D eigenvalue weighted by Crippen LogP contribution is -2.26. The van der Waals surface area contributed by atoms with Crippen molar-refractivity contribution in [2.24, 2.45) is 0 Å². The summed E-state index contributed by atoms with van der Waals surface area (Å²) in [4.78, 5) is 14.3. The first-order chi connectivity index (χ1) is 11.1. The maximum Gasteiger partial charge on any atom is 0.253 e. The van der Waals surface area contributed by atoms with Gasteiger partial charge in [0.2, 0.25) is 0 Å². The topological polar surface area (TPSA) is 25.2 Å². The molecule has 0 aliphatic heterocycles. The number of aromatic nitrogens is 1. The van der Waals surface area contributed by atoms with E-state index in [1.165, 1.54) is 0 Å². The lowest BCUT2D eigenvalue weighted by atomic mass is 10.1. The molecular weight excluding hydrogens is 352 g/mol. The summed E-state index contributed by atoms with van der Waals surface area (Å²) in [6, 6.07) is 19.6. The summed E-state index contributed by atoms with van der Waals surface area (Å²) in [5, 5.41) is 0. The van der Waals surface area contributed by atoms with Crippen LogP contribution in [0.15, 0.2) is 77.5 Å². The Balaban J connectivity index is 1.70. The Morgan fingerprint density at radius 1 is 1.00 bits per heavy atom. The van der Waals surface area contributed by atoms with E-state index in [1.807, 2.05) is 84.7 Å². The number of amides is 1. The van der Waals surface area contributed by atoms with Gasteiger partial charge in [-0.2, -0.15) is 0 Å². The fraction of sp³-hybridized carbons (Fsp3) is 0.105. The third-order valence-electron chi connectivity index (χ3n) is 3.70. The first-order valence-electron chi connectivity index (χ1n) is 7.37. The van der Waals surface area contributed by atoms with E-state index in [2.05, 4.69) is 15.9 Å². The average Bonchev–Trinajstić information content (AvgIpc) is 3.11. The molecule has 0 saturated carbocycles. The second-order valence-electron chi connectivity index (χ2n) is 5.42. The van der Waals surface area contributed by atoms with Crippen LogP contribution in [0.3, 0.4) is 0 Å². The minimum Gasteiger partial charge on any atom is -0.337 e. The number of halogens is 1. The van der Waals surface area contributed by atoms with Crippen molar-refractivity contribution in [2.45, 2.75) is 6.54 Å². The van der Waals surface area contributed by atoms with Crippen molar-refractivity contribution in [3.63, 3.8) is 0 Å². The van der Waals surface area contributed by atoms with E-state index in [1.54, 1.807) is 4.90 Å². The fourth-order valence-electron chi connectivity index (χ4n) is 2.44. The van der Waals surface area contributed by atoms with E-state index < -0.39 is 0 Å². The maximum atomic E-state index is 12.5. The smallest absolute Gasteiger partial charge is 0.253 e. The van der Waals surface area contributed by atoms with Crippen molar-refractivity contribution >= 4 is 21.8 Å². The summed E-state index contributed by atoms with van der Waals surface area (Å²) in [6.45, 7) is 0.589. The number of carbonyl (C=O) groups is 1. The van der Waals surface area contributed by atoms with Crippen LogP contribution >= 0.6 is 15.9 Å². The molecule has 3 rings (SSSR count). The summed E-state index contributed by atoms with van der Waals surface area (Å²) >= 11 is 3.42. The van der Waals surface area contributed by atoms with Crippen LogP contribution in [0.2, 0.25) is 0 Å². The first kappa shape index (κ1) is 15.6. The van der Waals surface area contributed by atoms with Crippen molar-refractivity contribution in [2.75, 3.05) is 7.05 Å². The Kier molecular flexibility index (Phi) is 4.63. The van der Waals surface area contributed by atoms with Crippen molar-refractivity contribution < 1.29 is 4.79 Å². The monoisotopic (exact) mass is 368 g/mol. The molecule has 1 heterocycles. The lowest BCUT2D eigenvalue weighted by molar-refractivity contribution is 0.0785. The molecule has 0 spiro atoms. The Morgan fingerprint density at radius 3 is 2.22 bits per heavy atom. The molecule has 0 atom stereocenters. The molecule has 116 valence electrons. The minimum atomic E-state index is 0.0203. The predicted molar refractivity (Wildman–Crippen MR) is 95.7 cm³/mol. The average molecular weight is 369 g/mol. The van der Waals surface area contributed by atoms with Gasteiger partial charge in [-0.15, -0.1) is 0 Å². The third-order valence-corrected chi connectivity index (χ3v) is 4.23. The highest BCUT2D eigenvalue weighted by molar-refractivity contribution is 9.10. The van der Waals surface area contributed by atoms with Gasteiger partial charge in [-0.25, -0.2) is 0 Å². The van der Waals surface area contributed by atoms with Gasteiger partial charge in [0.1, 0.15) is 0 Å². The molecule has 1 amide bonds. The zero-order chi connectivity index (χ0) is 16.2. The molecule has 2 aromatic carbocycles. The molecule has 0 saturated heterocycles. The van der Waals surface area contributed by atoms with Crippen molar-refractivity contribution in [1.82, 2.24) is 9.47 Å². The normalized spacial score (nSPS) is 10.5. The highest BCUT2D eigenvalue weighted by Crippen LogP contribution is 2.15. The van der Waals surface area contributed by atoms with Gasteiger partial charge in [0.15, 0.2) is 0 Å². The quantitative estimate of drug-likeness (QED) is 0.664. The lowest BCUT2D eigenvalue weighted by Gasteiger charge is -2.17. The van der Waals surface area contributed by atoms with Crippen molar-refractivity contribution in [1.29, 1.82) is 0 Å². The Labute approximate surface area is 144 Å². The first-order valence-corrected chi connectivity index (χ1v) is 8.16. The standard InChI is InChI=1S/C19H17BrN2O/c1-21(14-15-4-8-17(20)9-5-15)19(23)16-6-10-18(11-7-16)22-12-2-3-13-22/h2-13H,14H2,1H3. The van der Waals surface area contributed by atoms with E-state index in [4.69, 9.17) is 0 Å². The molecule has 0 fully saturated rings. The van der Waals surface area contributed by atoms with Crippen LogP contribution in [0.25, 0.3) is 5.69 Å². The molecule has 3 aromatic rings. The van der Waals surface area contributed by atoms with Crippen molar-refractivity contribution in [3.05, 3.63) is 88.7 Å². The van der Waals surface area contributed by atoms with Gasteiger partial charge in [0, 0.05) is 41.7 Å². The molecule has 0 radical (unpaired) electrons. The number of hydrogen-bond donors (Lipinski definition) is 0. The summed E-state index contributed by atoms with van der Waals surface area (Å²) < 4.78 is 3.05. The molecule has 0 aliphatic rings. The van der Waals surface area contributed by atoms with Gasteiger partial charge in [-0.05, 0) is 54.1 Å². The van der Waals surface area contributed by atoms with Gasteiger partial charge in [0.25, 0.3) is 5.91 Å². The van der Waals surface area contributed by atoms with Crippen LogP contribution in [-0.2, 0) is 6.54 Å². The number of nitrogens with zero attached hydrogens (tertiary/aromatic N) is 2. The van der Waals surface area contributed by atoms with E-state index in [9.17, 15) is 4.79 Å². The molecule has 3 nitrogen and oxygen atoms in total. The molecule has 0 bridgehead atoms. The molecule has 0 aliphatic carbocycles. The van der Waals surface area contributed by atoms with Gasteiger partial charge in [0.05, 0.1) is 0 Å². The zero-order valence-electron chi connectivity index (χ0n) is 12.8. The number of benzene rings is 2. The van der Waals surface area contributed by atoms with Crippen LogP contribution in [-0.4, -0.2) is 22.4 Å². The van der Waals surface area contributed by atoms with Crippen LogP contribution in [0.5, 0.6) is 0 Å². The number of carbonyl (C=O) groups excluding carboxylic acids is 1. The Morgan fingerprint density at radius 2 is 1.61 bits per heavy atom. The van der Waals surface area contributed by atoms with E-state index in [0.717, 1.165) is 15.7 Å². The van der Waals surface area contributed by atoms with E-state index >= 15 is 0 Å². The Hall–Kier alpha value is -2.33. The SMILES string of the molecule is CN(Cc1ccc(Br)cc1)C(=O)c1ccc(-n2cccc2)cc1. The molecule has 1 aromatic heterocycles. The van der Waals surface area contributed by atoms with Crippen molar-refractivity contribution in [3.8, 4) is 5.69 Å². The van der Waals surface area contributed by atoms with Gasteiger partial charge < -0.3 is 9.47 Å². The van der Waals surface area contributed by atoms with Gasteiger partial charge in [-0.3, -0.25) is 4.79 Å². The molecule has 0 N–H and O–H groups in total. The van der Waals surface area contributed by atoms with E-state index in [-0.39, 0.29) is 5.91 Å². The van der Waals surface area contributed by atoms with Crippen LogP contribution < -0.4 is 0 Å². The van der Waals surface area contributed by atoms with Gasteiger partial charge >= 0.3 is 0 Å². The van der Waals surface area contributed by atoms with E-state index in [0.29, 0.717) is 12.1 Å². The fourth-order valence-corrected chi connectivity index (χ4v) is 2.70. The molecule has 0 unspecified atom stereocenters. The molecular formula is C19H17BrN2O. The summed E-state index contributed by atoms with van der Waals surface area (Å²) in [6.07, 6.45) is 3.97. The number of hydrogen-bond acceptors (Lipinski definition) is 1. The maximum absolute atomic E-state index is 12.5. The zero-order valence-corrected chi connectivity index (χ0v) is 14.4. The highest BCUT2D eigenvalue weighted by Gasteiger charge is 2.12. The Bertz CT molecular complexity index is 777. The summed E-state index contributed by atoms with van der Waals surface area (Å²) in [7, 11) is 1.82.